The molecule has 3 atom stereocenters. The summed E-state index contributed by atoms with van der Waals surface area (Å²) in [5.41, 5.74) is 5.90. The van der Waals surface area contributed by atoms with Crippen LogP contribution in [0.2, 0.25) is 0 Å². The number of aldehydes is 1. The Bertz CT molecular complexity index is 868. The fourth-order valence-corrected chi connectivity index (χ4v) is 6.12. The van der Waals surface area contributed by atoms with E-state index in [0.717, 1.165) is 64.1 Å². The van der Waals surface area contributed by atoms with Crippen molar-refractivity contribution in [3.63, 3.8) is 0 Å². The highest BCUT2D eigenvalue weighted by molar-refractivity contribution is 5.89. The number of allylic oxidation sites excluding steroid dienone is 6. The van der Waals surface area contributed by atoms with Gasteiger partial charge in [0.15, 0.2) is 0 Å². The van der Waals surface area contributed by atoms with E-state index in [1.807, 2.05) is 4.90 Å². The summed E-state index contributed by atoms with van der Waals surface area (Å²) in [5.74, 6) is 0.759. The normalized spacial score (nSPS) is 28.1. The fraction of sp³-hybridized carbons (Fsp3) is 0.679. The molecule has 4 aliphatic rings. The van der Waals surface area contributed by atoms with Gasteiger partial charge in [0.1, 0.15) is 12.3 Å². The van der Waals surface area contributed by atoms with Crippen molar-refractivity contribution in [2.45, 2.75) is 103 Å². The molecule has 2 unspecified atom stereocenters. The van der Waals surface area contributed by atoms with Gasteiger partial charge in [0.2, 0.25) is 11.8 Å². The lowest BCUT2D eigenvalue weighted by molar-refractivity contribution is -0.148. The van der Waals surface area contributed by atoms with E-state index in [9.17, 15) is 14.4 Å². The zero-order chi connectivity index (χ0) is 23.4. The van der Waals surface area contributed by atoms with Gasteiger partial charge in [0.05, 0.1) is 6.04 Å². The summed E-state index contributed by atoms with van der Waals surface area (Å²) in [6.07, 6.45) is 17.1. The van der Waals surface area contributed by atoms with Crippen LogP contribution in [-0.2, 0) is 14.4 Å². The number of carbonyl (C=O) groups is 3. The van der Waals surface area contributed by atoms with Crippen molar-refractivity contribution in [2.75, 3.05) is 13.1 Å². The van der Waals surface area contributed by atoms with Crippen LogP contribution in [0.15, 0.2) is 34.4 Å². The highest BCUT2D eigenvalue weighted by Crippen LogP contribution is 2.37. The lowest BCUT2D eigenvalue weighted by Gasteiger charge is -2.37. The Morgan fingerprint density at radius 3 is 2.67 bits per heavy atom. The minimum absolute atomic E-state index is 0.0104. The van der Waals surface area contributed by atoms with Crippen LogP contribution >= 0.6 is 0 Å². The number of piperidine rings is 1. The predicted octanol–water partition coefficient (Wildman–Crippen LogP) is 5.12. The van der Waals surface area contributed by atoms with Gasteiger partial charge in [0, 0.05) is 19.5 Å². The molecular weight excluding hydrogens is 412 g/mol. The van der Waals surface area contributed by atoms with E-state index < -0.39 is 0 Å². The molecule has 2 aliphatic carbocycles. The third-order valence-electron chi connectivity index (χ3n) is 8.34. The molecule has 0 aromatic rings. The van der Waals surface area contributed by atoms with Crippen LogP contribution in [0.5, 0.6) is 0 Å². The molecule has 0 N–H and O–H groups in total. The minimum atomic E-state index is -0.371. The molecular formula is C28H40N2O3. The summed E-state index contributed by atoms with van der Waals surface area (Å²) in [4.78, 5) is 41.2. The third-order valence-corrected chi connectivity index (χ3v) is 8.34. The van der Waals surface area contributed by atoms with Crippen molar-refractivity contribution in [3.8, 4) is 0 Å². The molecule has 0 aromatic carbocycles. The molecule has 0 radical (unpaired) electrons. The predicted molar refractivity (Wildman–Crippen MR) is 131 cm³/mol. The van der Waals surface area contributed by atoms with E-state index in [0.29, 0.717) is 25.4 Å². The highest BCUT2D eigenvalue weighted by atomic mass is 16.2. The lowest BCUT2D eigenvalue weighted by Crippen LogP contribution is -2.54. The summed E-state index contributed by atoms with van der Waals surface area (Å²) >= 11 is 0. The van der Waals surface area contributed by atoms with Crippen molar-refractivity contribution in [2.24, 2.45) is 5.92 Å². The summed E-state index contributed by atoms with van der Waals surface area (Å²) in [7, 11) is 0. The quantitative estimate of drug-likeness (QED) is 0.526. The summed E-state index contributed by atoms with van der Waals surface area (Å²) in [5, 5.41) is 0. The number of likely N-dealkylation sites (tertiary alicyclic amines) is 2. The second-order valence-electron chi connectivity index (χ2n) is 10.5. The monoisotopic (exact) mass is 452 g/mol. The Balaban J connectivity index is 1.30. The van der Waals surface area contributed by atoms with Gasteiger partial charge in [-0.05, 0) is 102 Å². The van der Waals surface area contributed by atoms with Gasteiger partial charge in [-0.1, -0.05) is 23.3 Å². The molecule has 2 saturated heterocycles. The van der Waals surface area contributed by atoms with E-state index in [1.54, 1.807) is 10.5 Å². The number of nitrogens with zero attached hydrogens (tertiary/aromatic N) is 2. The first kappa shape index (κ1) is 24.0. The van der Waals surface area contributed by atoms with Gasteiger partial charge < -0.3 is 14.6 Å². The molecule has 2 fully saturated rings. The van der Waals surface area contributed by atoms with E-state index >= 15 is 0 Å². The Hall–Kier alpha value is -2.17. The third kappa shape index (κ3) is 5.50. The number of hydrogen-bond donors (Lipinski definition) is 0. The van der Waals surface area contributed by atoms with Crippen molar-refractivity contribution in [1.29, 1.82) is 0 Å². The Morgan fingerprint density at radius 2 is 1.85 bits per heavy atom. The number of rotatable bonds is 6. The molecule has 0 saturated carbocycles. The maximum absolute atomic E-state index is 13.2. The number of carbonyl (C=O) groups excluding carboxylic acids is 3. The molecule has 2 heterocycles. The van der Waals surface area contributed by atoms with Gasteiger partial charge in [-0.25, -0.2) is 0 Å². The Morgan fingerprint density at radius 1 is 1.03 bits per heavy atom. The molecule has 5 nitrogen and oxygen atoms in total. The fourth-order valence-electron chi connectivity index (χ4n) is 6.12. The van der Waals surface area contributed by atoms with Crippen LogP contribution < -0.4 is 0 Å². The largest absolute Gasteiger partial charge is 0.331 e. The first-order valence-corrected chi connectivity index (χ1v) is 13.1. The number of hydrogen-bond acceptors (Lipinski definition) is 3. The Labute approximate surface area is 199 Å². The smallest absolute Gasteiger partial charge is 0.245 e. The van der Waals surface area contributed by atoms with Crippen LogP contribution in [0.4, 0.5) is 0 Å². The van der Waals surface area contributed by atoms with E-state index in [4.69, 9.17) is 0 Å². The van der Waals surface area contributed by atoms with Gasteiger partial charge >= 0.3 is 0 Å². The highest BCUT2D eigenvalue weighted by Gasteiger charge is 2.38. The van der Waals surface area contributed by atoms with E-state index in [1.165, 1.54) is 29.6 Å². The van der Waals surface area contributed by atoms with Gasteiger partial charge in [-0.2, -0.15) is 0 Å². The van der Waals surface area contributed by atoms with Gasteiger partial charge in [0.25, 0.3) is 0 Å². The molecule has 0 bridgehead atoms. The zero-order valence-corrected chi connectivity index (χ0v) is 20.5. The van der Waals surface area contributed by atoms with Crippen molar-refractivity contribution >= 4 is 18.1 Å². The number of amides is 2. The van der Waals surface area contributed by atoms with Gasteiger partial charge in [-0.15, -0.1) is 0 Å². The molecule has 4 rings (SSSR count). The standard InChI is InChI=1S/C28H40N2O3/c1-20-11-13-23-14-12-22(18-24(23)17-21(20)2)7-5-10-27(32)30-15-4-3-9-26(30)28(33)29-16-6-8-25(29)19-31/h11,17,19,22,25-26H,3-10,12-16,18H2,1-2H3/t22?,25-,26?/m0/s1. The lowest BCUT2D eigenvalue weighted by atomic mass is 9.80. The van der Waals surface area contributed by atoms with Crippen molar-refractivity contribution in [3.05, 3.63) is 34.4 Å². The summed E-state index contributed by atoms with van der Waals surface area (Å²) in [6, 6.07) is -0.674. The van der Waals surface area contributed by atoms with Crippen molar-refractivity contribution < 1.29 is 14.4 Å². The van der Waals surface area contributed by atoms with Crippen LogP contribution in [-0.4, -0.2) is 53.1 Å². The Kier molecular flexibility index (Phi) is 7.87. The van der Waals surface area contributed by atoms with Crippen LogP contribution in [0, 0.1) is 5.92 Å². The SMILES string of the molecule is CC1=CCC2=C(C=C1C)CC(CCCC(=O)N1CCCCC1C(=O)N1CCC[C@H]1C=O)CC2. The van der Waals surface area contributed by atoms with Crippen LogP contribution in [0.3, 0.4) is 0 Å². The van der Waals surface area contributed by atoms with Crippen LogP contribution in [0.1, 0.15) is 90.9 Å². The molecule has 2 amide bonds. The molecule has 0 spiro atoms. The van der Waals surface area contributed by atoms with E-state index in [-0.39, 0.29) is 23.9 Å². The summed E-state index contributed by atoms with van der Waals surface area (Å²) in [6.45, 7) is 5.73. The maximum atomic E-state index is 13.2. The van der Waals surface area contributed by atoms with Gasteiger partial charge in [-0.3, -0.25) is 9.59 Å². The first-order chi connectivity index (χ1) is 16.0. The second-order valence-corrected chi connectivity index (χ2v) is 10.5. The molecule has 180 valence electrons. The second kappa shape index (κ2) is 10.8. The zero-order valence-electron chi connectivity index (χ0n) is 20.5. The maximum Gasteiger partial charge on any atom is 0.245 e. The molecule has 2 aliphatic heterocycles. The van der Waals surface area contributed by atoms with Crippen molar-refractivity contribution in [1.82, 2.24) is 9.80 Å². The van der Waals surface area contributed by atoms with E-state index in [2.05, 4.69) is 26.0 Å². The first-order valence-electron chi connectivity index (χ1n) is 13.1. The molecule has 5 heteroatoms. The average molecular weight is 453 g/mol. The topological polar surface area (TPSA) is 57.7 Å². The van der Waals surface area contributed by atoms with Crippen LogP contribution in [0.25, 0.3) is 0 Å². The molecule has 0 aromatic heterocycles. The summed E-state index contributed by atoms with van der Waals surface area (Å²) < 4.78 is 0. The average Bonchev–Trinajstić information content (AvgIpc) is 3.26. The molecule has 33 heavy (non-hydrogen) atoms. The minimum Gasteiger partial charge on any atom is -0.331 e.